The Bertz CT molecular complexity index is 1590. The minimum absolute atomic E-state index is 0.0219. The number of quaternary nitrogens is 1. The predicted molar refractivity (Wildman–Crippen MR) is 263 cm³/mol. The van der Waals surface area contributed by atoms with E-state index in [4.69, 9.17) is 27.4 Å². The molecule has 0 radical (unpaired) electrons. The average molecular weight is 937 g/mol. The molecule has 1 N–H and O–H groups in total. The van der Waals surface area contributed by atoms with Crippen molar-refractivity contribution in [3.05, 3.63) is 45.8 Å². The summed E-state index contributed by atoms with van der Waals surface area (Å²) >= 11 is 0. The maximum atomic E-state index is 12.8. The normalized spacial score (nSPS) is 13.3. The standard InChI is InChI=1S/C53H94NO10P/c1-9-11-27-33-47-41-44(3)49(62-47)34-29-23-19-17-18-22-26-32-38-53(56)63-48(43-61-65(57,58)60-40-39-54(6,7)8)42-59-52(55)37-31-25-21-16-14-13-15-20-24-30-36-51-46(5)45(4)50(64-51)35-28-12-10-2/h41,48H,9-40,42-43H2,1-8H3/p+1. The monoisotopic (exact) mass is 937 g/mol. The van der Waals surface area contributed by atoms with E-state index in [0.717, 1.165) is 88.6 Å². The van der Waals surface area contributed by atoms with E-state index in [1.807, 2.05) is 21.1 Å². The number of phosphoric ester groups is 1. The Morgan fingerprint density at radius 1 is 0.585 bits per heavy atom. The zero-order valence-corrected chi connectivity index (χ0v) is 43.6. The molecule has 0 aliphatic carbocycles. The summed E-state index contributed by atoms with van der Waals surface area (Å²) in [5.74, 6) is 3.83. The van der Waals surface area contributed by atoms with Crippen molar-refractivity contribution in [1.29, 1.82) is 0 Å². The molecule has 2 atom stereocenters. The molecule has 11 nitrogen and oxygen atoms in total. The molecule has 0 saturated heterocycles. The van der Waals surface area contributed by atoms with E-state index in [1.54, 1.807) is 0 Å². The zero-order valence-electron chi connectivity index (χ0n) is 42.7. The summed E-state index contributed by atoms with van der Waals surface area (Å²) in [7, 11) is 1.45. The number of ether oxygens (including phenoxy) is 2. The summed E-state index contributed by atoms with van der Waals surface area (Å²) in [5, 5.41) is 0. The molecule has 2 aromatic rings. The lowest BCUT2D eigenvalue weighted by molar-refractivity contribution is -0.870. The van der Waals surface area contributed by atoms with Crippen LogP contribution in [0.3, 0.4) is 0 Å². The van der Waals surface area contributed by atoms with Gasteiger partial charge >= 0.3 is 19.8 Å². The minimum Gasteiger partial charge on any atom is -0.466 e. The Kier molecular flexibility index (Phi) is 31.4. The van der Waals surface area contributed by atoms with E-state index in [9.17, 15) is 19.0 Å². The number of phosphoric acid groups is 1. The number of esters is 2. The lowest BCUT2D eigenvalue weighted by Gasteiger charge is -2.24. The van der Waals surface area contributed by atoms with Gasteiger partial charge in [0.1, 0.15) is 42.8 Å². The van der Waals surface area contributed by atoms with Crippen LogP contribution in [0.25, 0.3) is 0 Å². The fourth-order valence-corrected chi connectivity index (χ4v) is 8.83. The van der Waals surface area contributed by atoms with E-state index in [2.05, 4.69) is 40.7 Å². The highest BCUT2D eigenvalue weighted by atomic mass is 31.2. The molecule has 0 fully saturated rings. The fraction of sp³-hybridized carbons (Fsp3) is 0.811. The number of nitrogens with zero attached hydrogens (tertiary/aromatic N) is 1. The summed E-state index contributed by atoms with van der Waals surface area (Å²) in [6, 6.07) is 2.21. The van der Waals surface area contributed by atoms with Crippen molar-refractivity contribution >= 4 is 19.8 Å². The van der Waals surface area contributed by atoms with Gasteiger partial charge in [0.15, 0.2) is 6.10 Å². The molecule has 65 heavy (non-hydrogen) atoms. The van der Waals surface area contributed by atoms with Crippen LogP contribution in [0.5, 0.6) is 0 Å². The number of rotatable bonds is 42. The lowest BCUT2D eigenvalue weighted by Crippen LogP contribution is -2.37. The van der Waals surface area contributed by atoms with E-state index in [0.29, 0.717) is 17.4 Å². The molecule has 0 aromatic carbocycles. The van der Waals surface area contributed by atoms with Gasteiger partial charge in [-0.1, -0.05) is 129 Å². The molecule has 0 spiro atoms. The van der Waals surface area contributed by atoms with Gasteiger partial charge in [0.2, 0.25) is 0 Å². The molecule has 0 aliphatic heterocycles. The van der Waals surface area contributed by atoms with Crippen molar-refractivity contribution < 1.29 is 50.9 Å². The first kappa shape index (κ1) is 58.7. The van der Waals surface area contributed by atoms with Gasteiger partial charge in [-0.3, -0.25) is 18.6 Å². The van der Waals surface area contributed by atoms with Crippen molar-refractivity contribution in [1.82, 2.24) is 0 Å². The van der Waals surface area contributed by atoms with Gasteiger partial charge < -0.3 is 27.7 Å². The third-order valence-electron chi connectivity index (χ3n) is 12.5. The second-order valence-electron chi connectivity index (χ2n) is 19.7. The van der Waals surface area contributed by atoms with E-state index >= 15 is 0 Å². The third-order valence-corrected chi connectivity index (χ3v) is 13.5. The number of carbonyl (C=O) groups is 2. The number of likely N-dealkylation sites (N-methyl/N-ethyl adjacent to an activating group) is 1. The highest BCUT2D eigenvalue weighted by molar-refractivity contribution is 7.47. The average Bonchev–Trinajstić information content (AvgIpc) is 3.74. The molecule has 2 unspecified atom stereocenters. The first-order valence-electron chi connectivity index (χ1n) is 26.1. The highest BCUT2D eigenvalue weighted by Gasteiger charge is 2.27. The second-order valence-corrected chi connectivity index (χ2v) is 21.2. The molecule has 2 aromatic heterocycles. The van der Waals surface area contributed by atoms with Crippen molar-refractivity contribution in [2.24, 2.45) is 0 Å². The summed E-state index contributed by atoms with van der Waals surface area (Å²) in [5.41, 5.74) is 3.98. The van der Waals surface area contributed by atoms with Gasteiger partial charge in [-0.25, -0.2) is 4.57 Å². The van der Waals surface area contributed by atoms with E-state index in [-0.39, 0.29) is 32.0 Å². The van der Waals surface area contributed by atoms with Crippen molar-refractivity contribution in [3.8, 4) is 0 Å². The fourth-order valence-electron chi connectivity index (χ4n) is 8.09. The van der Waals surface area contributed by atoms with Crippen molar-refractivity contribution in [2.45, 2.75) is 233 Å². The van der Waals surface area contributed by atoms with Crippen molar-refractivity contribution in [3.63, 3.8) is 0 Å². The van der Waals surface area contributed by atoms with E-state index in [1.165, 1.54) is 125 Å². The molecule has 2 heterocycles. The van der Waals surface area contributed by atoms with Crippen molar-refractivity contribution in [2.75, 3.05) is 47.5 Å². The summed E-state index contributed by atoms with van der Waals surface area (Å²) < 4.78 is 46.9. The minimum atomic E-state index is -4.40. The van der Waals surface area contributed by atoms with E-state index < -0.39 is 26.5 Å². The maximum Gasteiger partial charge on any atom is 0.472 e. The molecular weight excluding hydrogens is 842 g/mol. The van der Waals surface area contributed by atoms with Gasteiger partial charge in [-0.15, -0.1) is 0 Å². The Hall–Kier alpha value is -2.43. The summed E-state index contributed by atoms with van der Waals surface area (Å²) in [4.78, 5) is 35.7. The third kappa shape index (κ3) is 29.2. The SMILES string of the molecule is CCCCCc1cc(C)c(CCCCCCCCCCC(=O)OC(COC(=O)CCCCCCCCCCCCc2oc(CCCCC)c(C)c2C)COP(=O)(O)OCC[N+](C)(C)C)o1. The Morgan fingerprint density at radius 2 is 1.03 bits per heavy atom. The maximum absolute atomic E-state index is 12.8. The van der Waals surface area contributed by atoms with Gasteiger partial charge in [0, 0.05) is 38.5 Å². The van der Waals surface area contributed by atoms with Gasteiger partial charge in [0.05, 0.1) is 27.7 Å². The topological polar surface area (TPSA) is 135 Å². The smallest absolute Gasteiger partial charge is 0.466 e. The van der Waals surface area contributed by atoms with Crippen LogP contribution in [0.4, 0.5) is 0 Å². The Balaban J connectivity index is 1.60. The van der Waals surface area contributed by atoms with Crippen LogP contribution in [0.1, 0.15) is 221 Å². The highest BCUT2D eigenvalue weighted by Crippen LogP contribution is 2.43. The summed E-state index contributed by atoms with van der Waals surface area (Å²) in [6.45, 7) is 10.9. The van der Waals surface area contributed by atoms with Gasteiger partial charge in [-0.05, 0) is 82.1 Å². The van der Waals surface area contributed by atoms with Gasteiger partial charge in [-0.2, -0.15) is 0 Å². The number of furan rings is 2. The zero-order chi connectivity index (χ0) is 47.8. The van der Waals surface area contributed by atoms with Crippen LogP contribution in [-0.4, -0.2) is 74.9 Å². The van der Waals surface area contributed by atoms with Crippen LogP contribution >= 0.6 is 7.82 Å². The molecular formula is C53H95NO10P+. The molecule has 0 amide bonds. The number of aryl methyl sites for hydroxylation is 5. The second kappa shape index (κ2) is 34.8. The molecule has 376 valence electrons. The van der Waals surface area contributed by atoms with Crippen LogP contribution in [0.2, 0.25) is 0 Å². The van der Waals surface area contributed by atoms with Crippen LogP contribution in [0.15, 0.2) is 14.9 Å². The lowest BCUT2D eigenvalue weighted by atomic mass is 10.0. The first-order valence-corrected chi connectivity index (χ1v) is 27.6. The Morgan fingerprint density at radius 3 is 1.54 bits per heavy atom. The number of hydrogen-bond acceptors (Lipinski definition) is 9. The Labute approximate surface area is 396 Å². The predicted octanol–water partition coefficient (Wildman–Crippen LogP) is 14.1. The molecule has 0 bridgehead atoms. The van der Waals surface area contributed by atoms with Crippen LogP contribution in [0, 0.1) is 20.8 Å². The first-order chi connectivity index (χ1) is 31.1. The molecule has 0 saturated carbocycles. The van der Waals surface area contributed by atoms with Gasteiger partial charge in [0.25, 0.3) is 0 Å². The molecule has 12 heteroatoms. The number of hydrogen-bond donors (Lipinski definition) is 1. The quantitative estimate of drug-likeness (QED) is 0.0297. The number of carbonyl (C=O) groups excluding carboxylic acids is 2. The molecule has 2 rings (SSSR count). The number of unbranched alkanes of at least 4 members (excludes halogenated alkanes) is 20. The summed E-state index contributed by atoms with van der Waals surface area (Å²) in [6.07, 6.45) is 30.7. The largest absolute Gasteiger partial charge is 0.472 e. The van der Waals surface area contributed by atoms with Crippen LogP contribution in [-0.2, 0) is 58.4 Å². The van der Waals surface area contributed by atoms with Crippen LogP contribution < -0.4 is 0 Å². The molecule has 0 aliphatic rings.